The molecule has 4 aliphatic carbocycles. The SMILES string of the molecule is [C-]#[N+]C12CC3CC(C1)C(CC)(OC(C)=O)C(C3)C2. The molecule has 0 aromatic rings. The van der Waals surface area contributed by atoms with Crippen molar-refractivity contribution in [2.45, 2.75) is 63.5 Å². The molecule has 2 unspecified atom stereocenters. The van der Waals surface area contributed by atoms with Gasteiger partial charge in [-0.2, -0.15) is 0 Å². The predicted molar refractivity (Wildman–Crippen MR) is 67.7 cm³/mol. The second-order valence-corrected chi connectivity index (χ2v) is 6.58. The Morgan fingerprint density at radius 3 is 2.39 bits per heavy atom. The van der Waals surface area contributed by atoms with Crippen LogP contribution in [0.15, 0.2) is 0 Å². The van der Waals surface area contributed by atoms with E-state index in [1.807, 2.05) is 0 Å². The van der Waals surface area contributed by atoms with Gasteiger partial charge in [-0.1, -0.05) is 6.92 Å². The molecule has 0 aromatic heterocycles. The number of nitrogens with zero attached hydrogens (tertiary/aromatic N) is 1. The Morgan fingerprint density at radius 1 is 1.33 bits per heavy atom. The summed E-state index contributed by atoms with van der Waals surface area (Å²) in [5.41, 5.74) is -0.369. The van der Waals surface area contributed by atoms with Crippen molar-refractivity contribution in [3.8, 4) is 0 Å². The molecule has 4 bridgehead atoms. The van der Waals surface area contributed by atoms with Gasteiger partial charge in [0.1, 0.15) is 5.60 Å². The first-order chi connectivity index (χ1) is 8.53. The Kier molecular flexibility index (Phi) is 2.49. The third-order valence-corrected chi connectivity index (χ3v) is 5.66. The minimum atomic E-state index is -0.253. The molecular weight excluding hydrogens is 226 g/mol. The van der Waals surface area contributed by atoms with E-state index in [1.165, 1.54) is 6.92 Å². The van der Waals surface area contributed by atoms with Gasteiger partial charge >= 0.3 is 5.97 Å². The monoisotopic (exact) mass is 247 g/mol. The van der Waals surface area contributed by atoms with Gasteiger partial charge in [0.15, 0.2) is 0 Å². The quantitative estimate of drug-likeness (QED) is 0.554. The lowest BCUT2D eigenvalue weighted by atomic mass is 9.47. The maximum absolute atomic E-state index is 11.5. The summed E-state index contributed by atoms with van der Waals surface area (Å²) in [5, 5.41) is 0. The summed E-state index contributed by atoms with van der Waals surface area (Å²) in [6.45, 7) is 11.2. The van der Waals surface area contributed by atoms with Gasteiger partial charge in [0.25, 0.3) is 0 Å². The number of hydrogen-bond acceptors (Lipinski definition) is 2. The Morgan fingerprint density at radius 2 is 1.94 bits per heavy atom. The van der Waals surface area contributed by atoms with Crippen LogP contribution in [-0.2, 0) is 9.53 Å². The molecule has 4 saturated carbocycles. The number of rotatable bonds is 2. The van der Waals surface area contributed by atoms with Crippen LogP contribution in [0.1, 0.15) is 52.4 Å². The Labute approximate surface area is 109 Å². The van der Waals surface area contributed by atoms with E-state index < -0.39 is 0 Å². The average Bonchev–Trinajstić information content (AvgIpc) is 2.33. The second kappa shape index (κ2) is 3.73. The first-order valence-corrected chi connectivity index (χ1v) is 7.12. The van der Waals surface area contributed by atoms with E-state index in [-0.39, 0.29) is 17.1 Å². The first kappa shape index (κ1) is 12.0. The van der Waals surface area contributed by atoms with Gasteiger partial charge in [-0.05, 0) is 25.2 Å². The molecule has 4 aliphatic rings. The fraction of sp³-hybridized carbons (Fsp3) is 0.867. The van der Waals surface area contributed by atoms with Crippen molar-refractivity contribution >= 4 is 5.97 Å². The van der Waals surface area contributed by atoms with Gasteiger partial charge in [-0.3, -0.25) is 4.79 Å². The molecule has 98 valence electrons. The van der Waals surface area contributed by atoms with Gasteiger partial charge in [0.2, 0.25) is 5.54 Å². The Hall–Kier alpha value is -1.04. The highest BCUT2D eigenvalue weighted by Crippen LogP contribution is 2.63. The van der Waals surface area contributed by atoms with Crippen molar-refractivity contribution in [2.75, 3.05) is 0 Å². The summed E-state index contributed by atoms with van der Waals surface area (Å²) < 4.78 is 5.81. The lowest BCUT2D eigenvalue weighted by Gasteiger charge is -2.60. The fourth-order valence-corrected chi connectivity index (χ4v) is 5.24. The lowest BCUT2D eigenvalue weighted by Crippen LogP contribution is -2.63. The standard InChI is InChI=1S/C15H21NO2/c1-4-15(18-10(2)17)12-5-11-6-13(15)9-14(7-11,8-12)16-3/h11-13H,4-9H2,1-2H3. The number of carbonyl (C=O) groups is 1. The summed E-state index contributed by atoms with van der Waals surface area (Å²) in [5.74, 6) is 1.39. The molecular formula is C15H21NO2. The summed E-state index contributed by atoms with van der Waals surface area (Å²) in [6.07, 6.45) is 6.21. The molecule has 3 heteroatoms. The van der Waals surface area contributed by atoms with Crippen molar-refractivity contribution < 1.29 is 9.53 Å². The van der Waals surface area contributed by atoms with E-state index >= 15 is 0 Å². The zero-order valence-corrected chi connectivity index (χ0v) is 11.2. The molecule has 4 fully saturated rings. The van der Waals surface area contributed by atoms with Crippen LogP contribution in [0.5, 0.6) is 0 Å². The highest BCUT2D eigenvalue weighted by molar-refractivity contribution is 5.66. The molecule has 4 rings (SSSR count). The average molecular weight is 247 g/mol. The molecule has 3 nitrogen and oxygen atoms in total. The van der Waals surface area contributed by atoms with Crippen molar-refractivity contribution in [2.24, 2.45) is 17.8 Å². The Balaban J connectivity index is 1.96. The molecule has 2 atom stereocenters. The smallest absolute Gasteiger partial charge is 0.303 e. The summed E-state index contributed by atoms with van der Waals surface area (Å²) in [4.78, 5) is 15.4. The zero-order valence-electron chi connectivity index (χ0n) is 11.2. The summed E-state index contributed by atoms with van der Waals surface area (Å²) in [7, 11) is 0. The summed E-state index contributed by atoms with van der Waals surface area (Å²) >= 11 is 0. The third-order valence-electron chi connectivity index (χ3n) is 5.66. The van der Waals surface area contributed by atoms with Crippen LogP contribution in [0.3, 0.4) is 0 Å². The largest absolute Gasteiger partial charge is 0.459 e. The molecule has 0 heterocycles. The Bertz CT molecular complexity index is 407. The topological polar surface area (TPSA) is 30.7 Å². The van der Waals surface area contributed by atoms with E-state index in [0.717, 1.165) is 38.5 Å². The maximum Gasteiger partial charge on any atom is 0.303 e. The zero-order chi connectivity index (χ0) is 13.0. The van der Waals surface area contributed by atoms with Crippen molar-refractivity contribution in [1.82, 2.24) is 0 Å². The van der Waals surface area contributed by atoms with Crippen molar-refractivity contribution in [3.63, 3.8) is 0 Å². The van der Waals surface area contributed by atoms with Crippen LogP contribution < -0.4 is 0 Å². The van der Waals surface area contributed by atoms with Crippen LogP contribution in [0.4, 0.5) is 0 Å². The number of carbonyl (C=O) groups excluding carboxylic acids is 1. The molecule has 0 spiro atoms. The number of esters is 1. The minimum Gasteiger partial charge on any atom is -0.459 e. The first-order valence-electron chi connectivity index (χ1n) is 7.12. The van der Waals surface area contributed by atoms with Crippen molar-refractivity contribution in [1.29, 1.82) is 0 Å². The summed E-state index contributed by atoms with van der Waals surface area (Å²) in [6, 6.07) is 0. The van der Waals surface area contributed by atoms with E-state index in [1.54, 1.807) is 0 Å². The second-order valence-electron chi connectivity index (χ2n) is 6.58. The normalized spacial score (nSPS) is 48.8. The predicted octanol–water partition coefficient (Wildman–Crippen LogP) is 3.20. The molecule has 0 radical (unpaired) electrons. The van der Waals surface area contributed by atoms with Crippen LogP contribution in [0.2, 0.25) is 0 Å². The van der Waals surface area contributed by atoms with E-state index in [2.05, 4.69) is 11.8 Å². The van der Waals surface area contributed by atoms with Crippen LogP contribution >= 0.6 is 0 Å². The molecule has 0 amide bonds. The van der Waals surface area contributed by atoms with Crippen LogP contribution in [-0.4, -0.2) is 17.1 Å². The molecule has 0 N–H and O–H groups in total. The molecule has 0 saturated heterocycles. The maximum atomic E-state index is 11.5. The number of ether oxygens (including phenoxy) is 1. The van der Waals surface area contributed by atoms with E-state index in [4.69, 9.17) is 11.3 Å². The molecule has 0 aliphatic heterocycles. The van der Waals surface area contributed by atoms with Gasteiger partial charge < -0.3 is 9.58 Å². The highest BCUT2D eigenvalue weighted by atomic mass is 16.6. The van der Waals surface area contributed by atoms with Crippen LogP contribution in [0, 0.1) is 24.3 Å². The van der Waals surface area contributed by atoms with Crippen LogP contribution in [0.25, 0.3) is 4.85 Å². The van der Waals surface area contributed by atoms with Gasteiger partial charge in [0.05, 0.1) is 0 Å². The van der Waals surface area contributed by atoms with Gasteiger partial charge in [0, 0.05) is 38.0 Å². The molecule has 18 heavy (non-hydrogen) atoms. The van der Waals surface area contributed by atoms with Gasteiger partial charge in [-0.25, -0.2) is 6.57 Å². The van der Waals surface area contributed by atoms with Gasteiger partial charge in [-0.15, -0.1) is 0 Å². The third kappa shape index (κ3) is 1.44. The lowest BCUT2D eigenvalue weighted by molar-refractivity contribution is -0.208. The highest BCUT2D eigenvalue weighted by Gasteiger charge is 2.66. The van der Waals surface area contributed by atoms with Crippen molar-refractivity contribution in [3.05, 3.63) is 11.4 Å². The van der Waals surface area contributed by atoms with E-state index in [0.29, 0.717) is 17.8 Å². The number of hydrogen-bond donors (Lipinski definition) is 0. The fourth-order valence-electron chi connectivity index (χ4n) is 5.24. The molecule has 0 aromatic carbocycles. The minimum absolute atomic E-state index is 0.116. The van der Waals surface area contributed by atoms with E-state index in [9.17, 15) is 4.79 Å².